The number of nitrogens with zero attached hydrogens (tertiary/aromatic N) is 4. The molecule has 1 rings (SSSR count). The molecule has 5 nitrogen and oxygen atoms in total. The fraction of sp³-hybridized carbons (Fsp3) is 0.125. The van der Waals surface area contributed by atoms with Crippen molar-refractivity contribution in [3.8, 4) is 0 Å². The molecular weight excluding hydrogens is 168 g/mol. The van der Waals surface area contributed by atoms with Gasteiger partial charge in [-0.05, 0) is 23.6 Å². The van der Waals surface area contributed by atoms with Crippen molar-refractivity contribution in [3.05, 3.63) is 45.8 Å². The Morgan fingerprint density at radius 1 is 1.54 bits per heavy atom. The fourth-order valence-electron chi connectivity index (χ4n) is 0.962. The number of rotatable bonds is 1. The largest absolute Gasteiger partial charge is 0.410 e. The molecule has 0 spiro atoms. The highest BCUT2D eigenvalue weighted by atomic mass is 16.4. The van der Waals surface area contributed by atoms with Crippen molar-refractivity contribution in [1.82, 2.24) is 0 Å². The Bertz CT molecular complexity index is 379. The first-order valence-electron chi connectivity index (χ1n) is 3.62. The maximum Gasteiger partial charge on any atom is 0.173 e. The summed E-state index contributed by atoms with van der Waals surface area (Å²) in [4.78, 5) is 2.55. The van der Waals surface area contributed by atoms with E-state index in [9.17, 15) is 0 Å². The average molecular weight is 176 g/mol. The third-order valence-electron chi connectivity index (χ3n) is 1.51. The SMILES string of the molecule is Cc1cccc(/C(N=[N+]=[N-])=N/O)c1. The maximum absolute atomic E-state index is 8.52. The summed E-state index contributed by atoms with van der Waals surface area (Å²) in [6.07, 6.45) is 0. The van der Waals surface area contributed by atoms with Crippen LogP contribution in [-0.2, 0) is 0 Å². The van der Waals surface area contributed by atoms with E-state index in [1.165, 1.54) is 0 Å². The molecule has 1 N–H and O–H groups in total. The van der Waals surface area contributed by atoms with Crippen LogP contribution in [0.1, 0.15) is 11.1 Å². The zero-order valence-corrected chi connectivity index (χ0v) is 7.05. The van der Waals surface area contributed by atoms with E-state index in [0.717, 1.165) is 5.56 Å². The van der Waals surface area contributed by atoms with Crippen LogP contribution in [-0.4, -0.2) is 11.0 Å². The van der Waals surface area contributed by atoms with Crippen molar-refractivity contribution in [1.29, 1.82) is 0 Å². The third-order valence-corrected chi connectivity index (χ3v) is 1.51. The molecule has 0 heterocycles. The highest BCUT2D eigenvalue weighted by Gasteiger charge is 2.00. The summed E-state index contributed by atoms with van der Waals surface area (Å²) < 4.78 is 0. The van der Waals surface area contributed by atoms with E-state index in [2.05, 4.69) is 15.2 Å². The molecule has 0 bridgehead atoms. The summed E-state index contributed by atoms with van der Waals surface area (Å²) in [7, 11) is 0. The predicted molar refractivity (Wildman–Crippen MR) is 48.6 cm³/mol. The molecular formula is C8H8N4O. The third kappa shape index (κ3) is 2.21. The zero-order chi connectivity index (χ0) is 9.68. The molecule has 13 heavy (non-hydrogen) atoms. The molecule has 5 heteroatoms. The van der Waals surface area contributed by atoms with Crippen molar-refractivity contribution in [2.75, 3.05) is 0 Å². The van der Waals surface area contributed by atoms with Crippen molar-refractivity contribution in [3.63, 3.8) is 0 Å². The number of azide groups is 1. The second-order valence-corrected chi connectivity index (χ2v) is 2.48. The summed E-state index contributed by atoms with van der Waals surface area (Å²) in [6.45, 7) is 1.90. The molecule has 0 radical (unpaired) electrons. The summed E-state index contributed by atoms with van der Waals surface area (Å²) in [5.74, 6) is -0.0220. The minimum absolute atomic E-state index is 0.0220. The molecule has 0 aliphatic heterocycles. The van der Waals surface area contributed by atoms with Gasteiger partial charge in [-0.25, -0.2) is 0 Å². The number of hydrogen-bond donors (Lipinski definition) is 1. The molecule has 0 fully saturated rings. The Morgan fingerprint density at radius 3 is 2.85 bits per heavy atom. The van der Waals surface area contributed by atoms with Crippen LogP contribution in [0.2, 0.25) is 0 Å². The molecule has 1 aromatic rings. The van der Waals surface area contributed by atoms with Gasteiger partial charge in [-0.2, -0.15) is 0 Å². The Balaban J connectivity index is 3.13. The minimum Gasteiger partial charge on any atom is -0.410 e. The molecule has 0 aliphatic rings. The lowest BCUT2D eigenvalue weighted by Crippen LogP contribution is -1.95. The van der Waals surface area contributed by atoms with Gasteiger partial charge < -0.3 is 5.21 Å². The van der Waals surface area contributed by atoms with Crippen LogP contribution in [0.3, 0.4) is 0 Å². The topological polar surface area (TPSA) is 81.4 Å². The first-order chi connectivity index (χ1) is 6.27. The van der Waals surface area contributed by atoms with Crippen LogP contribution in [0, 0.1) is 6.92 Å². The standard InChI is InChI=1S/C8H8N4O/c1-6-3-2-4-7(5-6)8(11-13)10-12-9/h2-5,13H,1H3/b11-8-. The van der Waals surface area contributed by atoms with E-state index in [1.54, 1.807) is 18.2 Å². The molecule has 0 saturated carbocycles. The van der Waals surface area contributed by atoms with Crippen molar-refractivity contribution >= 4 is 5.84 Å². The zero-order valence-electron chi connectivity index (χ0n) is 7.05. The van der Waals surface area contributed by atoms with E-state index in [-0.39, 0.29) is 5.84 Å². The van der Waals surface area contributed by atoms with Crippen LogP contribution in [0.25, 0.3) is 10.4 Å². The van der Waals surface area contributed by atoms with Crippen molar-refractivity contribution in [2.45, 2.75) is 6.92 Å². The second kappa shape index (κ2) is 4.13. The number of aryl methyl sites for hydroxylation is 1. The highest BCUT2D eigenvalue weighted by molar-refractivity contribution is 5.99. The first kappa shape index (κ1) is 9.09. The molecule has 0 atom stereocenters. The summed E-state index contributed by atoms with van der Waals surface area (Å²) in [5, 5.41) is 14.6. The van der Waals surface area contributed by atoms with Crippen LogP contribution in [0.4, 0.5) is 0 Å². The van der Waals surface area contributed by atoms with Crippen LogP contribution in [0.5, 0.6) is 0 Å². The number of hydrogen-bond acceptors (Lipinski definition) is 2. The Hall–Kier alpha value is -2.00. The van der Waals surface area contributed by atoms with Gasteiger partial charge in [0.25, 0.3) is 0 Å². The van der Waals surface area contributed by atoms with E-state index < -0.39 is 0 Å². The summed E-state index contributed by atoms with van der Waals surface area (Å²) >= 11 is 0. The number of amidine groups is 1. The molecule has 0 aromatic heterocycles. The molecule has 0 amide bonds. The van der Waals surface area contributed by atoms with Gasteiger partial charge in [0.1, 0.15) is 0 Å². The van der Waals surface area contributed by atoms with Crippen LogP contribution >= 0.6 is 0 Å². The Kier molecular flexibility index (Phi) is 2.89. The van der Waals surface area contributed by atoms with Gasteiger partial charge in [-0.15, -0.1) is 0 Å². The monoisotopic (exact) mass is 176 g/mol. The smallest absolute Gasteiger partial charge is 0.173 e. The molecule has 0 unspecified atom stereocenters. The van der Waals surface area contributed by atoms with Gasteiger partial charge >= 0.3 is 0 Å². The first-order valence-corrected chi connectivity index (χ1v) is 3.62. The van der Waals surface area contributed by atoms with Crippen LogP contribution < -0.4 is 0 Å². The normalized spacial score (nSPS) is 10.7. The van der Waals surface area contributed by atoms with E-state index in [4.69, 9.17) is 10.7 Å². The Morgan fingerprint density at radius 2 is 2.31 bits per heavy atom. The van der Waals surface area contributed by atoms with E-state index in [1.807, 2.05) is 13.0 Å². The van der Waals surface area contributed by atoms with Gasteiger partial charge in [0.2, 0.25) is 0 Å². The molecule has 66 valence electrons. The van der Waals surface area contributed by atoms with Gasteiger partial charge in [0.05, 0.1) is 0 Å². The van der Waals surface area contributed by atoms with Crippen LogP contribution in [0.15, 0.2) is 34.5 Å². The lowest BCUT2D eigenvalue weighted by molar-refractivity contribution is 0.318. The quantitative estimate of drug-likeness (QED) is 0.133. The summed E-state index contributed by atoms with van der Waals surface area (Å²) in [6, 6.07) is 7.16. The van der Waals surface area contributed by atoms with E-state index in [0.29, 0.717) is 5.56 Å². The lowest BCUT2D eigenvalue weighted by Gasteiger charge is -1.98. The molecule has 1 aromatic carbocycles. The van der Waals surface area contributed by atoms with Gasteiger partial charge in [-0.1, -0.05) is 28.9 Å². The Labute approximate surface area is 74.9 Å². The second-order valence-electron chi connectivity index (χ2n) is 2.48. The summed E-state index contributed by atoms with van der Waals surface area (Å²) in [5.41, 5.74) is 9.77. The maximum atomic E-state index is 8.52. The molecule has 0 saturated heterocycles. The lowest BCUT2D eigenvalue weighted by atomic mass is 10.1. The average Bonchev–Trinajstić information content (AvgIpc) is 2.14. The van der Waals surface area contributed by atoms with Crippen molar-refractivity contribution < 1.29 is 5.21 Å². The predicted octanol–water partition coefficient (Wildman–Crippen LogP) is 2.44. The highest BCUT2D eigenvalue weighted by Crippen LogP contribution is 2.06. The van der Waals surface area contributed by atoms with Gasteiger partial charge in [-0.3, -0.25) is 0 Å². The number of benzene rings is 1. The van der Waals surface area contributed by atoms with Gasteiger partial charge in [0.15, 0.2) is 5.84 Å². The van der Waals surface area contributed by atoms with E-state index >= 15 is 0 Å². The number of oxime groups is 1. The minimum atomic E-state index is -0.0220. The molecule has 0 aliphatic carbocycles. The fourth-order valence-corrected chi connectivity index (χ4v) is 0.962. The van der Waals surface area contributed by atoms with Gasteiger partial charge in [0, 0.05) is 10.5 Å². The van der Waals surface area contributed by atoms with Crippen molar-refractivity contribution in [2.24, 2.45) is 10.3 Å².